The summed E-state index contributed by atoms with van der Waals surface area (Å²) in [7, 11) is 0. The van der Waals surface area contributed by atoms with Gasteiger partial charge in [-0.25, -0.2) is 4.98 Å². The van der Waals surface area contributed by atoms with Crippen molar-refractivity contribution >= 4 is 11.6 Å². The number of pyridine rings is 2. The summed E-state index contributed by atoms with van der Waals surface area (Å²) in [5.41, 5.74) is 9.86. The maximum absolute atomic E-state index is 5.90. The second kappa shape index (κ2) is 4.60. The van der Waals surface area contributed by atoms with Gasteiger partial charge >= 0.3 is 0 Å². The standard InChI is InChI=1S/C12H12ClN3/c1-8-2-3-15-7-11(8)10-4-12(13)16-6-9(10)5-14/h2-4,6-7H,5,14H2,1H3. The van der Waals surface area contributed by atoms with Crippen molar-refractivity contribution in [2.75, 3.05) is 0 Å². The maximum Gasteiger partial charge on any atom is 0.129 e. The molecule has 0 aliphatic carbocycles. The number of nitrogens with two attached hydrogens (primary N) is 1. The van der Waals surface area contributed by atoms with E-state index in [0.29, 0.717) is 11.7 Å². The summed E-state index contributed by atoms with van der Waals surface area (Å²) in [5.74, 6) is 0. The summed E-state index contributed by atoms with van der Waals surface area (Å²) < 4.78 is 0. The Labute approximate surface area is 99.3 Å². The van der Waals surface area contributed by atoms with Gasteiger partial charge in [0.2, 0.25) is 0 Å². The van der Waals surface area contributed by atoms with Crippen molar-refractivity contribution < 1.29 is 0 Å². The van der Waals surface area contributed by atoms with Gasteiger partial charge in [-0.3, -0.25) is 4.98 Å². The van der Waals surface area contributed by atoms with Gasteiger partial charge < -0.3 is 5.73 Å². The van der Waals surface area contributed by atoms with Crippen LogP contribution >= 0.6 is 11.6 Å². The molecule has 2 rings (SSSR count). The number of aromatic nitrogens is 2. The van der Waals surface area contributed by atoms with E-state index >= 15 is 0 Å². The Morgan fingerprint density at radius 2 is 2.12 bits per heavy atom. The zero-order valence-electron chi connectivity index (χ0n) is 8.94. The van der Waals surface area contributed by atoms with Crippen LogP contribution in [0.5, 0.6) is 0 Å². The zero-order chi connectivity index (χ0) is 11.5. The average Bonchev–Trinajstić information content (AvgIpc) is 2.29. The molecule has 4 heteroatoms. The van der Waals surface area contributed by atoms with Gasteiger partial charge in [-0.1, -0.05) is 11.6 Å². The molecular formula is C12H12ClN3. The fraction of sp³-hybridized carbons (Fsp3) is 0.167. The van der Waals surface area contributed by atoms with Crippen LogP contribution in [0.3, 0.4) is 0 Å². The predicted molar refractivity (Wildman–Crippen MR) is 65.1 cm³/mol. The van der Waals surface area contributed by atoms with Crippen molar-refractivity contribution in [1.82, 2.24) is 9.97 Å². The predicted octanol–water partition coefficient (Wildman–Crippen LogP) is 2.56. The molecule has 0 aliphatic heterocycles. The van der Waals surface area contributed by atoms with E-state index in [1.54, 1.807) is 12.4 Å². The van der Waals surface area contributed by atoms with Gasteiger partial charge in [-0.15, -0.1) is 0 Å². The van der Waals surface area contributed by atoms with E-state index in [0.717, 1.165) is 22.3 Å². The molecule has 0 radical (unpaired) electrons. The van der Waals surface area contributed by atoms with E-state index in [1.165, 1.54) is 0 Å². The van der Waals surface area contributed by atoms with Crippen molar-refractivity contribution in [2.24, 2.45) is 5.73 Å². The van der Waals surface area contributed by atoms with Crippen molar-refractivity contribution in [2.45, 2.75) is 13.5 Å². The quantitative estimate of drug-likeness (QED) is 0.812. The summed E-state index contributed by atoms with van der Waals surface area (Å²) in [4.78, 5) is 8.15. The van der Waals surface area contributed by atoms with Crippen LogP contribution in [0.15, 0.2) is 30.7 Å². The van der Waals surface area contributed by atoms with Crippen molar-refractivity contribution in [1.29, 1.82) is 0 Å². The SMILES string of the molecule is Cc1ccncc1-c1cc(Cl)ncc1CN. The molecule has 82 valence electrons. The van der Waals surface area contributed by atoms with Crippen LogP contribution < -0.4 is 5.73 Å². The molecule has 0 saturated heterocycles. The van der Waals surface area contributed by atoms with Gasteiger partial charge in [0.1, 0.15) is 5.15 Å². The van der Waals surface area contributed by atoms with Crippen LogP contribution in [0, 0.1) is 6.92 Å². The zero-order valence-corrected chi connectivity index (χ0v) is 9.70. The highest BCUT2D eigenvalue weighted by molar-refractivity contribution is 6.29. The van der Waals surface area contributed by atoms with E-state index < -0.39 is 0 Å². The van der Waals surface area contributed by atoms with Gasteiger partial charge in [0.15, 0.2) is 0 Å². The van der Waals surface area contributed by atoms with E-state index in [9.17, 15) is 0 Å². The summed E-state index contributed by atoms with van der Waals surface area (Å²) >= 11 is 5.90. The van der Waals surface area contributed by atoms with E-state index in [1.807, 2.05) is 25.3 Å². The number of hydrogen-bond acceptors (Lipinski definition) is 3. The van der Waals surface area contributed by atoms with Crippen molar-refractivity contribution in [3.8, 4) is 11.1 Å². The van der Waals surface area contributed by atoms with Gasteiger partial charge in [0, 0.05) is 30.7 Å². The summed E-state index contributed by atoms with van der Waals surface area (Å²) in [5, 5.41) is 0.468. The minimum Gasteiger partial charge on any atom is -0.326 e. The molecule has 2 heterocycles. The molecule has 2 N–H and O–H groups in total. The van der Waals surface area contributed by atoms with Gasteiger partial charge in [-0.2, -0.15) is 0 Å². The number of aryl methyl sites for hydroxylation is 1. The molecule has 0 saturated carbocycles. The molecule has 0 unspecified atom stereocenters. The van der Waals surface area contributed by atoms with Gasteiger partial charge in [-0.05, 0) is 35.7 Å². The molecule has 0 amide bonds. The Morgan fingerprint density at radius 1 is 1.31 bits per heavy atom. The second-order valence-electron chi connectivity index (χ2n) is 3.56. The topological polar surface area (TPSA) is 51.8 Å². The van der Waals surface area contributed by atoms with Crippen LogP contribution in [0.25, 0.3) is 11.1 Å². The monoisotopic (exact) mass is 233 g/mol. The minimum atomic E-state index is 0.438. The smallest absolute Gasteiger partial charge is 0.129 e. The molecule has 2 aromatic rings. The summed E-state index contributed by atoms with van der Waals surface area (Å²) in [6.07, 6.45) is 5.30. The second-order valence-corrected chi connectivity index (χ2v) is 3.95. The highest BCUT2D eigenvalue weighted by atomic mass is 35.5. The average molecular weight is 234 g/mol. The van der Waals surface area contributed by atoms with Crippen LogP contribution in [-0.4, -0.2) is 9.97 Å². The van der Waals surface area contributed by atoms with Crippen molar-refractivity contribution in [3.63, 3.8) is 0 Å². The Bertz CT molecular complexity index is 511. The molecular weight excluding hydrogens is 222 g/mol. The number of nitrogens with zero attached hydrogens (tertiary/aromatic N) is 2. The fourth-order valence-corrected chi connectivity index (χ4v) is 1.78. The molecule has 0 bridgehead atoms. The number of hydrogen-bond donors (Lipinski definition) is 1. The lowest BCUT2D eigenvalue weighted by Gasteiger charge is -2.09. The highest BCUT2D eigenvalue weighted by Gasteiger charge is 2.08. The van der Waals surface area contributed by atoms with E-state index in [2.05, 4.69) is 9.97 Å². The first-order valence-electron chi connectivity index (χ1n) is 4.98. The summed E-state index contributed by atoms with van der Waals surface area (Å²) in [6, 6.07) is 3.79. The fourth-order valence-electron chi connectivity index (χ4n) is 1.62. The Kier molecular flexibility index (Phi) is 3.17. The lowest BCUT2D eigenvalue weighted by molar-refractivity contribution is 1.05. The van der Waals surface area contributed by atoms with Crippen molar-refractivity contribution in [3.05, 3.63) is 47.0 Å². The molecule has 2 aromatic heterocycles. The normalized spacial score (nSPS) is 10.4. The Morgan fingerprint density at radius 3 is 2.81 bits per heavy atom. The first-order valence-corrected chi connectivity index (χ1v) is 5.35. The van der Waals surface area contributed by atoms with Gasteiger partial charge in [0.05, 0.1) is 0 Å². The molecule has 0 aromatic carbocycles. The van der Waals surface area contributed by atoms with Crippen LogP contribution in [0.4, 0.5) is 0 Å². The Hall–Kier alpha value is -1.45. The lowest BCUT2D eigenvalue weighted by atomic mass is 10.00. The van der Waals surface area contributed by atoms with E-state index in [-0.39, 0.29) is 0 Å². The third kappa shape index (κ3) is 2.05. The molecule has 16 heavy (non-hydrogen) atoms. The maximum atomic E-state index is 5.90. The minimum absolute atomic E-state index is 0.438. The van der Waals surface area contributed by atoms with E-state index in [4.69, 9.17) is 17.3 Å². The first-order chi connectivity index (χ1) is 7.72. The number of rotatable bonds is 2. The molecule has 0 spiro atoms. The van der Waals surface area contributed by atoms with Gasteiger partial charge in [0.25, 0.3) is 0 Å². The number of halogens is 1. The molecule has 0 aliphatic rings. The molecule has 0 fully saturated rings. The molecule has 3 nitrogen and oxygen atoms in total. The summed E-state index contributed by atoms with van der Waals surface area (Å²) in [6.45, 7) is 2.47. The van der Waals surface area contributed by atoms with Crippen LogP contribution in [0.1, 0.15) is 11.1 Å². The largest absolute Gasteiger partial charge is 0.326 e. The third-order valence-electron chi connectivity index (χ3n) is 2.50. The molecule has 0 atom stereocenters. The van der Waals surface area contributed by atoms with Crippen LogP contribution in [-0.2, 0) is 6.54 Å². The van der Waals surface area contributed by atoms with Crippen LogP contribution in [0.2, 0.25) is 5.15 Å². The first kappa shape index (κ1) is 11.0. The lowest BCUT2D eigenvalue weighted by Crippen LogP contribution is -2.01. The highest BCUT2D eigenvalue weighted by Crippen LogP contribution is 2.27. The Balaban J connectivity index is 2.63. The third-order valence-corrected chi connectivity index (χ3v) is 2.71.